The first kappa shape index (κ1) is 15.3. The van der Waals surface area contributed by atoms with Crippen LogP contribution >= 0.6 is 0 Å². The van der Waals surface area contributed by atoms with Gasteiger partial charge in [0.05, 0.1) is 13.2 Å². The van der Waals surface area contributed by atoms with E-state index < -0.39 is 12.1 Å². The van der Waals surface area contributed by atoms with Gasteiger partial charge in [-0.05, 0) is 30.1 Å². The van der Waals surface area contributed by atoms with Crippen molar-refractivity contribution in [3.8, 4) is 0 Å². The first-order chi connectivity index (χ1) is 9.27. The van der Waals surface area contributed by atoms with Crippen molar-refractivity contribution < 1.29 is 14.3 Å². The van der Waals surface area contributed by atoms with Gasteiger partial charge in [0, 0.05) is 6.54 Å². The molecule has 0 radical (unpaired) electrons. The Morgan fingerprint density at radius 1 is 1.30 bits per heavy atom. The molecule has 1 amide bonds. The Morgan fingerprint density at radius 3 is 2.50 bits per heavy atom. The van der Waals surface area contributed by atoms with E-state index in [2.05, 4.69) is 0 Å². The molecule has 2 N–H and O–H groups in total. The van der Waals surface area contributed by atoms with E-state index in [1.54, 1.807) is 4.90 Å². The van der Waals surface area contributed by atoms with E-state index >= 15 is 0 Å². The lowest BCUT2D eigenvalue weighted by molar-refractivity contribution is -0.153. The van der Waals surface area contributed by atoms with Crippen LogP contribution in [-0.4, -0.2) is 42.5 Å². The summed E-state index contributed by atoms with van der Waals surface area (Å²) in [4.78, 5) is 26.4. The summed E-state index contributed by atoms with van der Waals surface area (Å²) >= 11 is 0. The van der Waals surface area contributed by atoms with E-state index in [0.29, 0.717) is 12.5 Å². The van der Waals surface area contributed by atoms with Gasteiger partial charge in [-0.3, -0.25) is 4.79 Å². The van der Waals surface area contributed by atoms with Crippen LogP contribution in [0.1, 0.15) is 40.0 Å². The van der Waals surface area contributed by atoms with Crippen molar-refractivity contribution in [2.45, 2.75) is 52.1 Å². The fraction of sp³-hybridized carbons (Fsp3) is 0.867. The Bertz CT molecular complexity index is 402. The first-order valence-electron chi connectivity index (χ1n) is 7.41. The highest BCUT2D eigenvalue weighted by Crippen LogP contribution is 2.43. The Kier molecular flexibility index (Phi) is 4.09. The highest BCUT2D eigenvalue weighted by molar-refractivity contribution is 5.89. The van der Waals surface area contributed by atoms with Crippen LogP contribution in [0.25, 0.3) is 0 Å². The number of rotatable bonds is 2. The summed E-state index contributed by atoms with van der Waals surface area (Å²) in [5, 5.41) is 0. The van der Waals surface area contributed by atoms with Crippen LogP contribution in [0.4, 0.5) is 0 Å². The number of esters is 1. The van der Waals surface area contributed by atoms with Gasteiger partial charge in [0.2, 0.25) is 5.91 Å². The van der Waals surface area contributed by atoms with Crippen molar-refractivity contribution in [3.63, 3.8) is 0 Å². The average molecular weight is 282 g/mol. The quantitative estimate of drug-likeness (QED) is 0.771. The van der Waals surface area contributed by atoms with Crippen molar-refractivity contribution in [3.05, 3.63) is 0 Å². The summed E-state index contributed by atoms with van der Waals surface area (Å²) in [6.07, 6.45) is 3.22. The van der Waals surface area contributed by atoms with Gasteiger partial charge < -0.3 is 15.4 Å². The highest BCUT2D eigenvalue weighted by Gasteiger charge is 2.51. The molecule has 1 aliphatic heterocycles. The van der Waals surface area contributed by atoms with E-state index in [1.807, 2.05) is 20.8 Å². The smallest absolute Gasteiger partial charge is 0.328 e. The molecule has 0 spiro atoms. The normalized spacial score (nSPS) is 31.1. The summed E-state index contributed by atoms with van der Waals surface area (Å²) in [6.45, 7) is 6.48. The number of carbonyl (C=O) groups excluding carboxylic acids is 2. The highest BCUT2D eigenvalue weighted by atomic mass is 16.5. The Labute approximate surface area is 120 Å². The van der Waals surface area contributed by atoms with Crippen LogP contribution in [0.15, 0.2) is 0 Å². The topological polar surface area (TPSA) is 72.6 Å². The number of nitrogens with two attached hydrogens (primary N) is 1. The zero-order valence-electron chi connectivity index (χ0n) is 12.9. The molecule has 1 saturated carbocycles. The number of likely N-dealkylation sites (tertiary alicyclic amines) is 1. The number of fused-ring (bicyclic) bond motifs is 1. The summed E-state index contributed by atoms with van der Waals surface area (Å²) in [5.41, 5.74) is 5.77. The van der Waals surface area contributed by atoms with Gasteiger partial charge in [0.1, 0.15) is 6.04 Å². The lowest BCUT2D eigenvalue weighted by atomic mass is 9.86. The van der Waals surface area contributed by atoms with Gasteiger partial charge in [-0.15, -0.1) is 0 Å². The van der Waals surface area contributed by atoms with E-state index in [0.717, 1.165) is 19.3 Å². The average Bonchev–Trinajstić information content (AvgIpc) is 2.94. The minimum absolute atomic E-state index is 0.123. The fourth-order valence-corrected chi connectivity index (χ4v) is 3.50. The molecule has 114 valence electrons. The minimum atomic E-state index is -0.589. The number of carbonyl (C=O) groups is 2. The molecule has 5 heteroatoms. The van der Waals surface area contributed by atoms with Crippen molar-refractivity contribution in [1.29, 1.82) is 0 Å². The van der Waals surface area contributed by atoms with Crippen molar-refractivity contribution in [1.82, 2.24) is 4.90 Å². The summed E-state index contributed by atoms with van der Waals surface area (Å²) in [5.74, 6) is 0.255. The number of ether oxygens (including phenoxy) is 1. The van der Waals surface area contributed by atoms with Crippen LogP contribution in [0.2, 0.25) is 0 Å². The molecule has 1 aliphatic carbocycles. The van der Waals surface area contributed by atoms with Gasteiger partial charge in [-0.1, -0.05) is 27.2 Å². The van der Waals surface area contributed by atoms with E-state index in [-0.39, 0.29) is 23.2 Å². The molecule has 20 heavy (non-hydrogen) atoms. The van der Waals surface area contributed by atoms with Crippen LogP contribution < -0.4 is 5.73 Å². The van der Waals surface area contributed by atoms with Crippen LogP contribution in [0.5, 0.6) is 0 Å². The van der Waals surface area contributed by atoms with Crippen LogP contribution in [0, 0.1) is 17.3 Å². The van der Waals surface area contributed by atoms with E-state index in [1.165, 1.54) is 7.11 Å². The molecule has 1 saturated heterocycles. The lowest BCUT2D eigenvalue weighted by Crippen LogP contribution is -2.54. The molecule has 2 rings (SSSR count). The van der Waals surface area contributed by atoms with E-state index in [9.17, 15) is 9.59 Å². The standard InChI is InChI=1S/C15H26N2O3/c1-15(2,3)12(16)13(18)17-8-9-6-5-7-10(9)11(17)14(19)20-4/h9-12H,5-8,16H2,1-4H3. The molecular formula is C15H26N2O3. The second kappa shape index (κ2) is 5.35. The van der Waals surface area contributed by atoms with E-state index in [4.69, 9.17) is 10.5 Å². The lowest BCUT2D eigenvalue weighted by Gasteiger charge is -2.33. The van der Waals surface area contributed by atoms with Gasteiger partial charge in [-0.25, -0.2) is 4.79 Å². The molecule has 0 aromatic carbocycles. The van der Waals surface area contributed by atoms with Crippen molar-refractivity contribution in [2.24, 2.45) is 23.0 Å². The molecule has 1 heterocycles. The molecule has 2 fully saturated rings. The number of methoxy groups -OCH3 is 1. The zero-order valence-corrected chi connectivity index (χ0v) is 12.9. The van der Waals surface area contributed by atoms with Gasteiger partial charge in [0.15, 0.2) is 0 Å². The van der Waals surface area contributed by atoms with Gasteiger partial charge in [-0.2, -0.15) is 0 Å². The molecule has 4 atom stereocenters. The maximum Gasteiger partial charge on any atom is 0.328 e. The SMILES string of the molecule is COC(=O)C1C2CCCC2CN1C(=O)C(N)C(C)(C)C. The number of amides is 1. The van der Waals surface area contributed by atoms with Crippen molar-refractivity contribution >= 4 is 11.9 Å². The Balaban J connectivity index is 2.21. The third-order valence-corrected chi connectivity index (χ3v) is 4.82. The summed E-state index contributed by atoms with van der Waals surface area (Å²) < 4.78 is 4.91. The second-order valence-corrected chi connectivity index (χ2v) is 7.16. The molecule has 4 unspecified atom stereocenters. The Hall–Kier alpha value is -1.10. The first-order valence-corrected chi connectivity index (χ1v) is 7.41. The van der Waals surface area contributed by atoms with Crippen LogP contribution in [-0.2, 0) is 14.3 Å². The van der Waals surface area contributed by atoms with Crippen molar-refractivity contribution in [2.75, 3.05) is 13.7 Å². The predicted molar refractivity (Wildman–Crippen MR) is 75.8 cm³/mol. The third-order valence-electron chi connectivity index (χ3n) is 4.82. The zero-order chi connectivity index (χ0) is 15.1. The van der Waals surface area contributed by atoms with Gasteiger partial charge >= 0.3 is 5.97 Å². The van der Waals surface area contributed by atoms with Gasteiger partial charge in [0.25, 0.3) is 0 Å². The maximum absolute atomic E-state index is 12.6. The molecular weight excluding hydrogens is 256 g/mol. The molecule has 0 aromatic heterocycles. The maximum atomic E-state index is 12.6. The third kappa shape index (κ3) is 2.55. The molecule has 0 bridgehead atoms. The monoisotopic (exact) mass is 282 g/mol. The molecule has 5 nitrogen and oxygen atoms in total. The molecule has 2 aliphatic rings. The number of nitrogens with zero attached hydrogens (tertiary/aromatic N) is 1. The fourth-order valence-electron chi connectivity index (χ4n) is 3.50. The second-order valence-electron chi connectivity index (χ2n) is 7.16. The number of hydrogen-bond acceptors (Lipinski definition) is 4. The molecule has 0 aromatic rings. The minimum Gasteiger partial charge on any atom is -0.467 e. The Morgan fingerprint density at radius 2 is 1.95 bits per heavy atom. The number of hydrogen-bond donors (Lipinski definition) is 1. The largest absolute Gasteiger partial charge is 0.467 e. The van der Waals surface area contributed by atoms with Crippen LogP contribution in [0.3, 0.4) is 0 Å². The predicted octanol–water partition coefficient (Wildman–Crippen LogP) is 1.16. The summed E-state index contributed by atoms with van der Waals surface area (Å²) in [6, 6.07) is -1.03. The summed E-state index contributed by atoms with van der Waals surface area (Å²) in [7, 11) is 1.39.